The molecule has 15 heavy (non-hydrogen) atoms. The van der Waals surface area contributed by atoms with Crippen LogP contribution in [0.15, 0.2) is 11.6 Å². The van der Waals surface area contributed by atoms with E-state index >= 15 is 0 Å². The van der Waals surface area contributed by atoms with Crippen molar-refractivity contribution in [2.24, 2.45) is 0 Å². The molecule has 3 heteroatoms. The monoisotopic (exact) mass is 231 g/mol. The fraction of sp³-hybridized carbons (Fsp3) is 0.833. The molecule has 0 aromatic heterocycles. The molecule has 1 aliphatic carbocycles. The topological polar surface area (TPSA) is 23.5 Å². The maximum atomic E-state index is 9.45. The number of halogens is 1. The first-order chi connectivity index (χ1) is 7.24. The highest BCUT2D eigenvalue weighted by Crippen LogP contribution is 2.22. The van der Waals surface area contributed by atoms with E-state index in [4.69, 9.17) is 11.6 Å². The molecule has 1 rings (SSSR count). The summed E-state index contributed by atoms with van der Waals surface area (Å²) in [5.41, 5.74) is 1.57. The van der Waals surface area contributed by atoms with Gasteiger partial charge >= 0.3 is 0 Å². The lowest BCUT2D eigenvalue weighted by Crippen LogP contribution is -2.41. The fourth-order valence-corrected chi connectivity index (χ4v) is 2.41. The minimum atomic E-state index is -0.254. The zero-order chi connectivity index (χ0) is 11.1. The first-order valence-corrected chi connectivity index (χ1v) is 6.35. The van der Waals surface area contributed by atoms with Crippen molar-refractivity contribution in [3.8, 4) is 0 Å². The molecule has 0 radical (unpaired) electrons. The molecule has 0 saturated heterocycles. The number of aliphatic hydroxyl groups excluding tert-OH is 1. The normalized spacial score (nSPS) is 21.3. The summed E-state index contributed by atoms with van der Waals surface area (Å²) in [4.78, 5) is 2.35. The summed E-state index contributed by atoms with van der Waals surface area (Å²) in [6.45, 7) is 3.46. The average Bonchev–Trinajstić information content (AvgIpc) is 2.25. The van der Waals surface area contributed by atoms with Crippen LogP contribution in [0.5, 0.6) is 0 Å². The molecule has 0 aromatic rings. The third kappa shape index (κ3) is 5.01. The smallest absolute Gasteiger partial charge is 0.0639 e. The van der Waals surface area contributed by atoms with E-state index in [0.29, 0.717) is 6.04 Å². The maximum Gasteiger partial charge on any atom is 0.0639 e. The number of rotatable bonds is 5. The van der Waals surface area contributed by atoms with Gasteiger partial charge in [-0.25, -0.2) is 0 Å². The van der Waals surface area contributed by atoms with Gasteiger partial charge < -0.3 is 5.11 Å². The van der Waals surface area contributed by atoms with Crippen LogP contribution in [0, 0.1) is 0 Å². The van der Waals surface area contributed by atoms with Crippen LogP contribution in [0.4, 0.5) is 0 Å². The minimum Gasteiger partial charge on any atom is -0.392 e. The predicted octanol–water partition coefficient (Wildman–Crippen LogP) is 2.75. The summed E-state index contributed by atoms with van der Waals surface area (Å²) in [7, 11) is 0. The zero-order valence-corrected chi connectivity index (χ0v) is 10.3. The number of aliphatic hydroxyl groups is 1. The Bertz CT molecular complexity index is 188. The van der Waals surface area contributed by atoms with Crippen LogP contribution in [-0.4, -0.2) is 35.2 Å². The van der Waals surface area contributed by atoms with Crippen molar-refractivity contribution < 1.29 is 5.11 Å². The van der Waals surface area contributed by atoms with Gasteiger partial charge in [-0.15, -0.1) is 0 Å². The van der Waals surface area contributed by atoms with Crippen molar-refractivity contribution in [3.05, 3.63) is 11.6 Å². The van der Waals surface area contributed by atoms with Crippen molar-refractivity contribution in [2.45, 2.75) is 51.2 Å². The van der Waals surface area contributed by atoms with Crippen LogP contribution >= 0.6 is 11.6 Å². The van der Waals surface area contributed by atoms with Gasteiger partial charge in [0.05, 0.1) is 6.10 Å². The molecule has 1 atom stereocenters. The van der Waals surface area contributed by atoms with Gasteiger partial charge in [-0.2, -0.15) is 0 Å². The summed E-state index contributed by atoms with van der Waals surface area (Å²) in [5, 5.41) is 9.45. The van der Waals surface area contributed by atoms with Gasteiger partial charge in [0.2, 0.25) is 0 Å². The molecular weight excluding hydrogens is 210 g/mol. The van der Waals surface area contributed by atoms with Gasteiger partial charge in [-0.3, -0.25) is 4.90 Å². The highest BCUT2D eigenvalue weighted by molar-refractivity contribution is 6.25. The van der Waals surface area contributed by atoms with Crippen LogP contribution in [0.25, 0.3) is 0 Å². The average molecular weight is 232 g/mol. The second-order valence-corrected chi connectivity index (χ2v) is 4.71. The second-order valence-electron chi connectivity index (χ2n) is 4.46. The lowest BCUT2D eigenvalue weighted by Gasteiger charge is -2.34. The van der Waals surface area contributed by atoms with E-state index in [-0.39, 0.29) is 6.10 Å². The molecule has 0 amide bonds. The third-order valence-corrected chi connectivity index (χ3v) is 3.20. The van der Waals surface area contributed by atoms with Crippen molar-refractivity contribution in [2.75, 3.05) is 13.1 Å². The molecule has 2 nitrogen and oxygen atoms in total. The highest BCUT2D eigenvalue weighted by Gasteiger charge is 2.20. The summed E-state index contributed by atoms with van der Waals surface area (Å²) in [6, 6.07) is 0.640. The molecule has 1 aliphatic rings. The molecule has 1 unspecified atom stereocenters. The van der Waals surface area contributed by atoms with E-state index in [1.807, 2.05) is 13.0 Å². The summed E-state index contributed by atoms with van der Waals surface area (Å²) in [6.07, 6.45) is 8.25. The molecule has 88 valence electrons. The Hall–Kier alpha value is -0.0500. The van der Waals surface area contributed by atoms with E-state index in [1.165, 1.54) is 32.1 Å². The number of hydrogen-bond acceptors (Lipinski definition) is 2. The Morgan fingerprint density at radius 1 is 1.40 bits per heavy atom. The van der Waals surface area contributed by atoms with Crippen LogP contribution in [0.2, 0.25) is 0 Å². The van der Waals surface area contributed by atoms with Gasteiger partial charge in [0, 0.05) is 24.7 Å². The van der Waals surface area contributed by atoms with E-state index < -0.39 is 0 Å². The molecule has 0 aromatic carbocycles. The Kier molecular flexibility index (Phi) is 6.30. The minimum absolute atomic E-state index is 0.254. The van der Waals surface area contributed by atoms with Gasteiger partial charge in [0.1, 0.15) is 0 Å². The summed E-state index contributed by atoms with van der Waals surface area (Å²) < 4.78 is 0. The second kappa shape index (κ2) is 7.26. The Morgan fingerprint density at radius 3 is 2.60 bits per heavy atom. The Labute approximate surface area is 97.9 Å². The molecule has 1 N–H and O–H groups in total. The first-order valence-electron chi connectivity index (χ1n) is 5.91. The molecule has 0 bridgehead atoms. The maximum absolute atomic E-state index is 9.45. The van der Waals surface area contributed by atoms with Gasteiger partial charge in [0.25, 0.3) is 0 Å². The van der Waals surface area contributed by atoms with Crippen molar-refractivity contribution in [1.29, 1.82) is 0 Å². The van der Waals surface area contributed by atoms with Crippen LogP contribution in [0.3, 0.4) is 0 Å². The van der Waals surface area contributed by atoms with E-state index in [9.17, 15) is 5.11 Å². The largest absolute Gasteiger partial charge is 0.392 e. The van der Waals surface area contributed by atoms with E-state index in [2.05, 4.69) is 4.90 Å². The van der Waals surface area contributed by atoms with Crippen molar-refractivity contribution in [3.63, 3.8) is 0 Å². The first kappa shape index (κ1) is 13.0. The van der Waals surface area contributed by atoms with Crippen LogP contribution in [-0.2, 0) is 0 Å². The predicted molar refractivity (Wildman–Crippen MR) is 65.1 cm³/mol. The lowest BCUT2D eigenvalue weighted by atomic mass is 9.94. The quantitative estimate of drug-likeness (QED) is 0.787. The third-order valence-electron chi connectivity index (χ3n) is 3.02. The van der Waals surface area contributed by atoms with Crippen LogP contribution in [0.1, 0.15) is 39.0 Å². The zero-order valence-electron chi connectivity index (χ0n) is 9.53. The van der Waals surface area contributed by atoms with Gasteiger partial charge in [-0.1, -0.05) is 36.9 Å². The van der Waals surface area contributed by atoms with Crippen molar-refractivity contribution >= 4 is 11.6 Å². The Morgan fingerprint density at radius 2 is 2.07 bits per heavy atom. The van der Waals surface area contributed by atoms with Crippen LogP contribution < -0.4 is 0 Å². The molecule has 0 aliphatic heterocycles. The molecule has 1 saturated carbocycles. The Balaban J connectivity index is 2.44. The van der Waals surface area contributed by atoms with Gasteiger partial charge in [0.15, 0.2) is 0 Å². The standard InChI is InChI=1S/C12H22ClNO/c1-11(15)10-14(9-5-8-13)12-6-3-2-4-7-12/h5,8,11-12,15H,2-4,6-7,9-10H2,1H3/b8-5+. The fourth-order valence-electron chi connectivity index (χ4n) is 2.33. The highest BCUT2D eigenvalue weighted by atomic mass is 35.5. The summed E-state index contributed by atoms with van der Waals surface area (Å²) in [5.74, 6) is 0. The lowest BCUT2D eigenvalue weighted by molar-refractivity contribution is 0.0915. The van der Waals surface area contributed by atoms with E-state index in [0.717, 1.165) is 13.1 Å². The molecule has 1 fully saturated rings. The van der Waals surface area contributed by atoms with E-state index in [1.54, 1.807) is 5.54 Å². The van der Waals surface area contributed by atoms with Crippen molar-refractivity contribution in [1.82, 2.24) is 4.90 Å². The summed E-state index contributed by atoms with van der Waals surface area (Å²) >= 11 is 5.55. The number of nitrogens with zero attached hydrogens (tertiary/aromatic N) is 1. The number of hydrogen-bond donors (Lipinski definition) is 1. The molecular formula is C12H22ClNO. The molecule has 0 heterocycles. The SMILES string of the molecule is CC(O)CN(C/C=C/Cl)C1CCCCC1. The molecule has 0 spiro atoms. The van der Waals surface area contributed by atoms with Gasteiger partial charge in [-0.05, 0) is 19.8 Å².